The monoisotopic (exact) mass is 481 g/mol. The molecule has 0 bridgehead atoms. The number of amides is 2. The van der Waals surface area contributed by atoms with Crippen LogP contribution >= 0.6 is 11.8 Å². The maximum atomic E-state index is 12.8. The van der Waals surface area contributed by atoms with Gasteiger partial charge in [-0.05, 0) is 25.0 Å². The molecule has 1 heterocycles. The number of nitrogens with one attached hydrogen (secondary N) is 1. The van der Waals surface area contributed by atoms with Gasteiger partial charge < -0.3 is 19.5 Å². The van der Waals surface area contributed by atoms with Gasteiger partial charge in [0.25, 0.3) is 5.91 Å². The van der Waals surface area contributed by atoms with E-state index in [0.29, 0.717) is 23.9 Å². The number of aromatic nitrogens is 3. The third-order valence-electron chi connectivity index (χ3n) is 5.31. The van der Waals surface area contributed by atoms with Gasteiger partial charge in [0.1, 0.15) is 11.6 Å². The molecular formula is C25H31N5O3S. The van der Waals surface area contributed by atoms with Crippen molar-refractivity contribution in [1.29, 1.82) is 0 Å². The van der Waals surface area contributed by atoms with Gasteiger partial charge in [-0.1, -0.05) is 67.2 Å². The fourth-order valence-corrected chi connectivity index (χ4v) is 4.15. The highest BCUT2D eigenvalue weighted by Crippen LogP contribution is 2.28. The van der Waals surface area contributed by atoms with Crippen molar-refractivity contribution in [3.05, 3.63) is 71.5 Å². The molecule has 0 aliphatic carbocycles. The van der Waals surface area contributed by atoms with Gasteiger partial charge in [-0.2, -0.15) is 0 Å². The Morgan fingerprint density at radius 3 is 2.50 bits per heavy atom. The lowest BCUT2D eigenvalue weighted by atomic mass is 10.0. The minimum Gasteiger partial charge on any atom is -0.483 e. The second kappa shape index (κ2) is 12.2. The molecule has 1 N–H and O–H groups in total. The van der Waals surface area contributed by atoms with Crippen LogP contribution in [-0.2, 0) is 16.1 Å². The zero-order chi connectivity index (χ0) is 24.5. The van der Waals surface area contributed by atoms with Gasteiger partial charge in [0.05, 0.1) is 18.3 Å². The molecule has 8 nitrogen and oxygen atoms in total. The van der Waals surface area contributed by atoms with E-state index in [0.717, 1.165) is 17.0 Å². The topological polar surface area (TPSA) is 89.4 Å². The van der Waals surface area contributed by atoms with Gasteiger partial charge in [-0.3, -0.25) is 9.59 Å². The van der Waals surface area contributed by atoms with Crippen LogP contribution in [0.1, 0.15) is 36.3 Å². The van der Waals surface area contributed by atoms with Crippen molar-refractivity contribution < 1.29 is 14.3 Å². The van der Waals surface area contributed by atoms with E-state index in [2.05, 4.69) is 27.6 Å². The number of para-hydroxylation sites is 1. The van der Waals surface area contributed by atoms with Gasteiger partial charge in [0.15, 0.2) is 11.8 Å². The highest BCUT2D eigenvalue weighted by atomic mass is 32.2. The highest BCUT2D eigenvalue weighted by Gasteiger charge is 2.19. The molecule has 0 radical (unpaired) electrons. The zero-order valence-corrected chi connectivity index (χ0v) is 20.8. The highest BCUT2D eigenvalue weighted by molar-refractivity contribution is 7.99. The maximum Gasteiger partial charge on any atom is 0.259 e. The Bertz CT molecular complexity index is 1100. The number of nitrogens with zero attached hydrogens (tertiary/aromatic N) is 4. The van der Waals surface area contributed by atoms with Crippen LogP contribution in [0.2, 0.25) is 0 Å². The summed E-state index contributed by atoms with van der Waals surface area (Å²) in [6.45, 7) is 4.50. The number of likely N-dealkylation sites (N-methyl/N-ethyl adjacent to an activating group) is 1. The standard InChI is InChI=1S/C25H31N5O3S/c1-5-21(20-13-9-10-14-22(20)33-16-24(32)29(3)4)26-23(31)17-34-25-28-27-18(2)30(25)15-19-11-7-6-8-12-19/h6-14,21H,5,15-17H2,1-4H3,(H,26,31). The smallest absolute Gasteiger partial charge is 0.259 e. The van der Waals surface area contributed by atoms with Gasteiger partial charge in [-0.25, -0.2) is 0 Å². The number of carbonyl (C=O) groups excluding carboxylic acids is 2. The summed E-state index contributed by atoms with van der Waals surface area (Å²) in [6.07, 6.45) is 0.682. The van der Waals surface area contributed by atoms with Gasteiger partial charge in [0.2, 0.25) is 5.91 Å². The summed E-state index contributed by atoms with van der Waals surface area (Å²) >= 11 is 1.36. The van der Waals surface area contributed by atoms with Crippen molar-refractivity contribution in [3.8, 4) is 5.75 Å². The number of aryl methyl sites for hydroxylation is 1. The van der Waals surface area contributed by atoms with Crippen LogP contribution in [0.25, 0.3) is 0 Å². The second-order valence-electron chi connectivity index (χ2n) is 8.03. The lowest BCUT2D eigenvalue weighted by molar-refractivity contribution is -0.130. The number of hydrogen-bond donors (Lipinski definition) is 1. The number of thioether (sulfide) groups is 1. The third kappa shape index (κ3) is 6.84. The molecule has 3 aromatic rings. The average molecular weight is 482 g/mol. The molecule has 9 heteroatoms. The Balaban J connectivity index is 1.62. The van der Waals surface area contributed by atoms with Crippen LogP contribution in [0.4, 0.5) is 0 Å². The predicted molar refractivity (Wildman–Crippen MR) is 133 cm³/mol. The molecule has 1 atom stereocenters. The fraction of sp³-hybridized carbons (Fsp3) is 0.360. The fourth-order valence-electron chi connectivity index (χ4n) is 3.35. The molecular weight excluding hydrogens is 450 g/mol. The van der Waals surface area contributed by atoms with E-state index in [9.17, 15) is 9.59 Å². The van der Waals surface area contributed by atoms with Crippen molar-refractivity contribution in [2.75, 3.05) is 26.5 Å². The molecule has 180 valence electrons. The van der Waals surface area contributed by atoms with Gasteiger partial charge in [-0.15, -0.1) is 10.2 Å². The average Bonchev–Trinajstić information content (AvgIpc) is 3.19. The Morgan fingerprint density at radius 2 is 1.79 bits per heavy atom. The number of hydrogen-bond acceptors (Lipinski definition) is 6. The Kier molecular flexibility index (Phi) is 9.09. The number of benzene rings is 2. The molecule has 34 heavy (non-hydrogen) atoms. The van der Waals surface area contributed by atoms with E-state index >= 15 is 0 Å². The first kappa shape index (κ1) is 25.3. The number of ether oxygens (including phenoxy) is 1. The van der Waals surface area contributed by atoms with Gasteiger partial charge in [0, 0.05) is 19.7 Å². The minimum atomic E-state index is -0.234. The molecule has 0 aliphatic rings. The lowest BCUT2D eigenvalue weighted by Gasteiger charge is -2.21. The number of rotatable bonds is 11. The van der Waals surface area contributed by atoms with E-state index in [1.165, 1.54) is 16.7 Å². The zero-order valence-electron chi connectivity index (χ0n) is 20.0. The normalized spacial score (nSPS) is 11.6. The summed E-state index contributed by atoms with van der Waals surface area (Å²) < 4.78 is 7.77. The first-order valence-electron chi connectivity index (χ1n) is 11.2. The third-order valence-corrected chi connectivity index (χ3v) is 6.27. The van der Waals surface area contributed by atoms with Crippen molar-refractivity contribution in [3.63, 3.8) is 0 Å². The molecule has 1 aromatic heterocycles. The molecule has 2 amide bonds. The summed E-state index contributed by atoms with van der Waals surface area (Å²) in [5.41, 5.74) is 1.99. The molecule has 2 aromatic carbocycles. The van der Waals surface area contributed by atoms with Crippen LogP contribution in [0, 0.1) is 6.92 Å². The molecule has 1 unspecified atom stereocenters. The molecule has 0 fully saturated rings. The van der Waals surface area contributed by atoms with E-state index in [-0.39, 0.29) is 30.2 Å². The van der Waals surface area contributed by atoms with Crippen LogP contribution < -0.4 is 10.1 Å². The number of carbonyl (C=O) groups is 2. The Hall–Kier alpha value is -3.33. The first-order chi connectivity index (χ1) is 16.4. The van der Waals surface area contributed by atoms with Crippen molar-refractivity contribution >= 4 is 23.6 Å². The van der Waals surface area contributed by atoms with Crippen molar-refractivity contribution in [2.45, 2.75) is 38.0 Å². The second-order valence-corrected chi connectivity index (χ2v) is 8.98. The van der Waals surface area contributed by atoms with E-state index in [1.54, 1.807) is 14.1 Å². The molecule has 0 spiro atoms. The molecule has 3 rings (SSSR count). The van der Waals surface area contributed by atoms with Crippen LogP contribution in [0.15, 0.2) is 59.8 Å². The largest absolute Gasteiger partial charge is 0.483 e. The summed E-state index contributed by atoms with van der Waals surface area (Å²) in [7, 11) is 3.37. The lowest BCUT2D eigenvalue weighted by Crippen LogP contribution is -2.31. The maximum absolute atomic E-state index is 12.8. The van der Waals surface area contributed by atoms with Gasteiger partial charge >= 0.3 is 0 Å². The first-order valence-corrected chi connectivity index (χ1v) is 12.1. The summed E-state index contributed by atoms with van der Waals surface area (Å²) in [5, 5.41) is 12.2. The predicted octanol–water partition coefficient (Wildman–Crippen LogP) is 3.46. The van der Waals surface area contributed by atoms with Crippen LogP contribution in [-0.4, -0.2) is 57.9 Å². The minimum absolute atomic E-state index is 0.0549. The molecule has 0 aliphatic heterocycles. The molecule has 0 saturated carbocycles. The van der Waals surface area contributed by atoms with Crippen LogP contribution in [0.3, 0.4) is 0 Å². The van der Waals surface area contributed by atoms with Crippen LogP contribution in [0.5, 0.6) is 5.75 Å². The van der Waals surface area contributed by atoms with E-state index < -0.39 is 0 Å². The quantitative estimate of drug-likeness (QED) is 0.422. The van der Waals surface area contributed by atoms with E-state index in [4.69, 9.17) is 4.74 Å². The van der Waals surface area contributed by atoms with E-state index in [1.807, 2.05) is 60.9 Å². The Morgan fingerprint density at radius 1 is 1.09 bits per heavy atom. The SMILES string of the molecule is CCC(NC(=O)CSc1nnc(C)n1Cc1ccccc1)c1ccccc1OCC(=O)N(C)C. The Labute approximate surface area is 204 Å². The summed E-state index contributed by atoms with van der Waals surface area (Å²) in [4.78, 5) is 26.2. The summed E-state index contributed by atoms with van der Waals surface area (Å²) in [6, 6.07) is 17.3. The summed E-state index contributed by atoms with van der Waals surface area (Å²) in [5.74, 6) is 1.37. The van der Waals surface area contributed by atoms with Crippen molar-refractivity contribution in [1.82, 2.24) is 25.0 Å². The molecule has 0 saturated heterocycles. The van der Waals surface area contributed by atoms with Crippen molar-refractivity contribution in [2.24, 2.45) is 0 Å².